The van der Waals surface area contributed by atoms with Gasteiger partial charge in [0.2, 0.25) is 0 Å². The second-order valence-electron chi connectivity index (χ2n) is 6.70. The second-order valence-corrected chi connectivity index (χ2v) is 6.70. The largest absolute Gasteiger partial charge is 0.339 e. The van der Waals surface area contributed by atoms with Crippen molar-refractivity contribution in [3.8, 4) is 6.07 Å². The average Bonchev–Trinajstić information content (AvgIpc) is 3.32. The van der Waals surface area contributed by atoms with Gasteiger partial charge in [-0.2, -0.15) is 5.26 Å². The van der Waals surface area contributed by atoms with Crippen molar-refractivity contribution in [2.24, 2.45) is 7.05 Å². The summed E-state index contributed by atoms with van der Waals surface area (Å²) in [6.07, 6.45) is 7.73. The molecule has 1 fully saturated rings. The molecule has 3 aromatic heterocycles. The van der Waals surface area contributed by atoms with Crippen LogP contribution in [0.15, 0.2) is 48.9 Å². The molecule has 136 valence electrons. The van der Waals surface area contributed by atoms with Crippen molar-refractivity contribution >= 4 is 11.5 Å². The number of imidazole rings is 1. The number of hydrogen-bond donors (Lipinski definition) is 1. The molecule has 0 amide bonds. The van der Waals surface area contributed by atoms with Gasteiger partial charge in [0.25, 0.3) is 0 Å². The van der Waals surface area contributed by atoms with Gasteiger partial charge >= 0.3 is 0 Å². The predicted octanol–water partition coefficient (Wildman–Crippen LogP) is 3.16. The molecule has 3 aromatic rings. The summed E-state index contributed by atoms with van der Waals surface area (Å²) in [5.41, 5.74) is 2.28. The molecule has 0 aromatic carbocycles. The fourth-order valence-corrected chi connectivity index (χ4v) is 3.47. The summed E-state index contributed by atoms with van der Waals surface area (Å²) in [5, 5.41) is 12.1. The molecule has 27 heavy (non-hydrogen) atoms. The maximum absolute atomic E-state index is 8.85. The number of pyridine rings is 2. The Morgan fingerprint density at radius 2 is 2.19 bits per heavy atom. The van der Waals surface area contributed by atoms with E-state index in [-0.39, 0.29) is 0 Å². The highest BCUT2D eigenvalue weighted by atomic mass is 15.2. The van der Waals surface area contributed by atoms with Crippen molar-refractivity contribution in [3.05, 3.63) is 66.1 Å². The third-order valence-corrected chi connectivity index (χ3v) is 4.89. The first-order valence-electron chi connectivity index (χ1n) is 9.03. The zero-order valence-corrected chi connectivity index (χ0v) is 15.2. The van der Waals surface area contributed by atoms with Gasteiger partial charge in [-0.3, -0.25) is 4.90 Å². The van der Waals surface area contributed by atoms with Crippen molar-refractivity contribution < 1.29 is 0 Å². The van der Waals surface area contributed by atoms with E-state index in [0.717, 1.165) is 49.0 Å². The van der Waals surface area contributed by atoms with E-state index in [0.29, 0.717) is 11.7 Å². The molecule has 0 unspecified atom stereocenters. The van der Waals surface area contributed by atoms with Gasteiger partial charge in [-0.15, -0.1) is 0 Å². The van der Waals surface area contributed by atoms with Gasteiger partial charge in [0, 0.05) is 19.4 Å². The molecular formula is C20H21N7. The zero-order chi connectivity index (χ0) is 18.6. The van der Waals surface area contributed by atoms with Crippen LogP contribution in [0, 0.1) is 11.3 Å². The lowest BCUT2D eigenvalue weighted by Crippen LogP contribution is -2.25. The molecule has 1 atom stereocenters. The van der Waals surface area contributed by atoms with Crippen LogP contribution in [0.3, 0.4) is 0 Å². The van der Waals surface area contributed by atoms with Crippen molar-refractivity contribution in [3.63, 3.8) is 0 Å². The molecule has 4 rings (SSSR count). The predicted molar refractivity (Wildman–Crippen MR) is 102 cm³/mol. The van der Waals surface area contributed by atoms with Gasteiger partial charge in [-0.25, -0.2) is 15.0 Å². The lowest BCUT2D eigenvalue weighted by Gasteiger charge is -2.24. The normalized spacial score (nSPS) is 17.0. The standard InChI is InChI=1S/C20H21N7/c1-26-11-9-22-20(26)14-27-10-3-5-18(27)17-4-2-6-19(25-17)24-16-8-7-15(12-21)23-13-16/h2,4,6-9,11,13,18H,3,5,10,14H2,1H3,(H,24,25)/t18-/m1/s1. The Hall–Kier alpha value is -3.24. The number of rotatable bonds is 5. The third-order valence-electron chi connectivity index (χ3n) is 4.89. The van der Waals surface area contributed by atoms with E-state index in [1.54, 1.807) is 12.3 Å². The highest BCUT2D eigenvalue weighted by Gasteiger charge is 2.28. The number of anilines is 2. The number of likely N-dealkylation sites (tertiary alicyclic amines) is 1. The molecule has 1 saturated heterocycles. The molecule has 0 bridgehead atoms. The van der Waals surface area contributed by atoms with Crippen molar-refractivity contribution in [2.75, 3.05) is 11.9 Å². The van der Waals surface area contributed by atoms with E-state index in [2.05, 4.69) is 30.8 Å². The van der Waals surface area contributed by atoms with Crippen LogP contribution >= 0.6 is 0 Å². The Morgan fingerprint density at radius 1 is 1.26 bits per heavy atom. The third kappa shape index (κ3) is 3.81. The second kappa shape index (κ2) is 7.56. The molecular weight excluding hydrogens is 338 g/mol. The van der Waals surface area contributed by atoms with E-state index >= 15 is 0 Å². The van der Waals surface area contributed by atoms with Crippen LogP contribution in [0.4, 0.5) is 11.5 Å². The number of nitriles is 1. The summed E-state index contributed by atoms with van der Waals surface area (Å²) in [6.45, 7) is 1.88. The minimum atomic E-state index is 0.294. The zero-order valence-electron chi connectivity index (χ0n) is 15.2. The van der Waals surface area contributed by atoms with Gasteiger partial charge in [-0.05, 0) is 43.7 Å². The first-order chi connectivity index (χ1) is 13.2. The summed E-state index contributed by atoms with van der Waals surface area (Å²) in [4.78, 5) is 15.8. The molecule has 4 heterocycles. The van der Waals surface area contributed by atoms with Crippen LogP contribution in [-0.4, -0.2) is 31.0 Å². The maximum Gasteiger partial charge on any atom is 0.140 e. The van der Waals surface area contributed by atoms with Gasteiger partial charge in [-0.1, -0.05) is 6.07 Å². The summed E-state index contributed by atoms with van der Waals surface area (Å²) >= 11 is 0. The number of aryl methyl sites for hydroxylation is 1. The van der Waals surface area contributed by atoms with Crippen molar-refractivity contribution in [1.29, 1.82) is 5.26 Å². The Morgan fingerprint density at radius 3 is 2.93 bits per heavy atom. The molecule has 1 N–H and O–H groups in total. The smallest absolute Gasteiger partial charge is 0.140 e. The highest BCUT2D eigenvalue weighted by Crippen LogP contribution is 2.32. The summed E-state index contributed by atoms with van der Waals surface area (Å²) in [5.74, 6) is 1.85. The quantitative estimate of drug-likeness (QED) is 0.753. The minimum Gasteiger partial charge on any atom is -0.339 e. The number of nitrogens with one attached hydrogen (secondary N) is 1. The Kier molecular flexibility index (Phi) is 4.81. The van der Waals surface area contributed by atoms with Gasteiger partial charge < -0.3 is 9.88 Å². The van der Waals surface area contributed by atoms with Crippen LogP contribution in [0.1, 0.15) is 36.1 Å². The monoisotopic (exact) mass is 359 g/mol. The Balaban J connectivity index is 1.50. The molecule has 0 spiro atoms. The molecule has 1 aliphatic heterocycles. The topological polar surface area (TPSA) is 82.7 Å². The van der Waals surface area contributed by atoms with Gasteiger partial charge in [0.1, 0.15) is 23.4 Å². The van der Waals surface area contributed by atoms with E-state index in [4.69, 9.17) is 10.2 Å². The Labute approximate surface area is 158 Å². The number of hydrogen-bond acceptors (Lipinski definition) is 6. The summed E-state index contributed by atoms with van der Waals surface area (Å²) in [7, 11) is 2.03. The minimum absolute atomic E-state index is 0.294. The van der Waals surface area contributed by atoms with Crippen molar-refractivity contribution in [1.82, 2.24) is 24.4 Å². The first kappa shape index (κ1) is 17.2. The van der Waals surface area contributed by atoms with Gasteiger partial charge in [0.05, 0.1) is 30.2 Å². The number of aromatic nitrogens is 4. The van der Waals surface area contributed by atoms with Crippen LogP contribution in [0.5, 0.6) is 0 Å². The fourth-order valence-electron chi connectivity index (χ4n) is 3.47. The molecule has 7 heteroatoms. The SMILES string of the molecule is Cn1ccnc1CN1CCC[C@@H]1c1cccc(Nc2ccc(C#N)nc2)n1. The maximum atomic E-state index is 8.85. The lowest BCUT2D eigenvalue weighted by molar-refractivity contribution is 0.236. The number of nitrogens with zero attached hydrogens (tertiary/aromatic N) is 6. The molecule has 7 nitrogen and oxygen atoms in total. The fraction of sp³-hybridized carbons (Fsp3) is 0.300. The molecule has 1 aliphatic rings. The van der Waals surface area contributed by atoms with Crippen molar-refractivity contribution in [2.45, 2.75) is 25.4 Å². The van der Waals surface area contributed by atoms with Gasteiger partial charge in [0.15, 0.2) is 0 Å². The van der Waals surface area contributed by atoms with Crippen LogP contribution in [0.2, 0.25) is 0 Å². The van der Waals surface area contributed by atoms with E-state index in [1.165, 1.54) is 0 Å². The molecule has 0 radical (unpaired) electrons. The van der Waals surface area contributed by atoms with Crippen LogP contribution in [0.25, 0.3) is 0 Å². The highest BCUT2D eigenvalue weighted by molar-refractivity contribution is 5.55. The summed E-state index contributed by atoms with van der Waals surface area (Å²) < 4.78 is 2.07. The first-order valence-corrected chi connectivity index (χ1v) is 9.03. The van der Waals surface area contributed by atoms with E-state index in [9.17, 15) is 0 Å². The Bertz CT molecular complexity index is 955. The molecule has 0 saturated carbocycles. The van der Waals surface area contributed by atoms with E-state index < -0.39 is 0 Å². The molecule has 0 aliphatic carbocycles. The van der Waals surface area contributed by atoms with E-state index in [1.807, 2.05) is 43.7 Å². The summed E-state index contributed by atoms with van der Waals surface area (Å²) in [6, 6.07) is 11.9. The van der Waals surface area contributed by atoms with Crippen LogP contribution in [-0.2, 0) is 13.6 Å². The van der Waals surface area contributed by atoms with Crippen LogP contribution < -0.4 is 5.32 Å². The lowest BCUT2D eigenvalue weighted by atomic mass is 10.1. The average molecular weight is 359 g/mol.